The first-order valence-electron chi connectivity index (χ1n) is 16.3. The fourth-order valence-corrected chi connectivity index (χ4v) is 13.6. The van der Waals surface area contributed by atoms with Crippen molar-refractivity contribution in [3.05, 3.63) is 157 Å². The number of anilines is 3. The van der Waals surface area contributed by atoms with E-state index < -0.39 is 8.07 Å². The smallest absolute Gasteiger partial charge is 0.192 e. The maximum atomic E-state index is 6.65. The molecule has 0 N–H and O–H groups in total. The van der Waals surface area contributed by atoms with E-state index in [4.69, 9.17) is 9.72 Å². The van der Waals surface area contributed by atoms with Gasteiger partial charge in [0.25, 0.3) is 0 Å². The number of para-hydroxylation sites is 2. The van der Waals surface area contributed by atoms with Crippen molar-refractivity contribution in [2.75, 3.05) is 4.90 Å². The number of rotatable bonds is 2. The van der Waals surface area contributed by atoms with Gasteiger partial charge in [0.1, 0.15) is 11.5 Å². The quantitative estimate of drug-likeness (QED) is 0.185. The number of nitrogens with zero attached hydrogens (tertiary/aromatic N) is 4. The van der Waals surface area contributed by atoms with Gasteiger partial charge in [-0.25, -0.2) is 0 Å². The first-order valence-corrected chi connectivity index (χ1v) is 18.3. The highest BCUT2D eigenvalue weighted by Gasteiger charge is 2.53. The summed E-state index contributed by atoms with van der Waals surface area (Å²) in [6.45, 7) is 4.42. The van der Waals surface area contributed by atoms with Crippen molar-refractivity contribution in [3.8, 4) is 17.2 Å². The van der Waals surface area contributed by atoms with Crippen LogP contribution >= 0.6 is 0 Å². The van der Waals surface area contributed by atoms with Crippen LogP contribution in [0.5, 0.6) is 11.5 Å². The second-order valence-electron chi connectivity index (χ2n) is 12.8. The van der Waals surface area contributed by atoms with E-state index in [1.54, 1.807) is 0 Å². The molecule has 0 atom stereocenters. The molecule has 0 radical (unpaired) electrons. The molecule has 2 aliphatic rings. The van der Waals surface area contributed by atoms with Gasteiger partial charge in [-0.1, -0.05) is 71.8 Å². The predicted octanol–water partition coefficient (Wildman–Crippen LogP) is 7.46. The maximum Gasteiger partial charge on any atom is 0.192 e. The van der Waals surface area contributed by atoms with Crippen molar-refractivity contribution in [2.45, 2.75) is 13.8 Å². The Morgan fingerprint density at radius 1 is 0.562 bits per heavy atom. The van der Waals surface area contributed by atoms with Crippen LogP contribution in [-0.2, 0) is 0 Å². The van der Waals surface area contributed by atoms with E-state index in [1.165, 1.54) is 43.2 Å². The molecule has 48 heavy (non-hydrogen) atoms. The Labute approximate surface area is 279 Å². The fourth-order valence-electron chi connectivity index (χ4n) is 8.14. The summed E-state index contributed by atoms with van der Waals surface area (Å²) in [5.41, 5.74) is 10.1. The minimum absolute atomic E-state index is 0.950. The van der Waals surface area contributed by atoms with E-state index >= 15 is 0 Å². The topological polar surface area (TPSA) is 43.2 Å². The molecule has 6 heteroatoms. The molecule has 8 aromatic rings. The highest BCUT2D eigenvalue weighted by molar-refractivity contribution is 7.22. The number of benzene rings is 5. The molecule has 5 aromatic carbocycles. The Morgan fingerprint density at radius 3 is 1.90 bits per heavy atom. The van der Waals surface area contributed by atoms with Crippen LogP contribution < -0.4 is 30.4 Å². The minimum atomic E-state index is -2.82. The standard InChI is InChI=1S/C42H30N4OSi/c1-27-15-19-32-40(23-27)48(38-13-5-3-11-36(38)47-37-12-4-6-14-39(37)48)41-24-28(2)16-20-33(41)45(32)29-17-18-31-35(25-29)46(30-9-7-21-43-26-30)34-10-8-22-44-42(31)34/h3-26H,1-2H3. The zero-order valence-electron chi connectivity index (χ0n) is 26.6. The monoisotopic (exact) mass is 634 g/mol. The van der Waals surface area contributed by atoms with E-state index in [0.29, 0.717) is 0 Å². The van der Waals surface area contributed by atoms with Crippen LogP contribution in [0.4, 0.5) is 17.1 Å². The lowest BCUT2D eigenvalue weighted by Gasteiger charge is -2.47. The number of aryl methyl sites for hydroxylation is 2. The average molecular weight is 635 g/mol. The van der Waals surface area contributed by atoms with Gasteiger partial charge < -0.3 is 14.2 Å². The normalized spacial score (nSPS) is 13.9. The number of pyridine rings is 2. The van der Waals surface area contributed by atoms with Crippen LogP contribution in [-0.4, -0.2) is 22.6 Å². The molecule has 0 bridgehead atoms. The van der Waals surface area contributed by atoms with Crippen LogP contribution in [0.2, 0.25) is 0 Å². The van der Waals surface area contributed by atoms with Crippen molar-refractivity contribution in [1.29, 1.82) is 0 Å². The molecule has 228 valence electrons. The van der Waals surface area contributed by atoms with Crippen molar-refractivity contribution in [1.82, 2.24) is 14.5 Å². The van der Waals surface area contributed by atoms with Gasteiger partial charge in [0.2, 0.25) is 0 Å². The minimum Gasteiger partial charge on any atom is -0.458 e. The zero-order valence-corrected chi connectivity index (χ0v) is 27.6. The molecular weight excluding hydrogens is 605 g/mol. The molecule has 0 unspecified atom stereocenters. The third-order valence-corrected chi connectivity index (χ3v) is 14.9. The molecule has 5 nitrogen and oxygen atoms in total. The number of hydrogen-bond acceptors (Lipinski definition) is 4. The highest BCUT2D eigenvalue weighted by Crippen LogP contribution is 2.43. The second kappa shape index (κ2) is 10.0. The number of ether oxygens (including phenoxy) is 1. The summed E-state index contributed by atoms with van der Waals surface area (Å²) in [6.07, 6.45) is 5.61. The fraction of sp³-hybridized carbons (Fsp3) is 0.0476. The summed E-state index contributed by atoms with van der Waals surface area (Å²) < 4.78 is 8.93. The zero-order chi connectivity index (χ0) is 32.0. The Kier molecular flexibility index (Phi) is 5.66. The van der Waals surface area contributed by atoms with E-state index in [1.807, 2.05) is 30.7 Å². The van der Waals surface area contributed by atoms with Gasteiger partial charge >= 0.3 is 0 Å². The molecule has 0 saturated carbocycles. The van der Waals surface area contributed by atoms with E-state index in [2.05, 4.69) is 144 Å². The van der Waals surface area contributed by atoms with Crippen LogP contribution in [0.1, 0.15) is 11.1 Å². The van der Waals surface area contributed by atoms with Crippen molar-refractivity contribution >= 4 is 67.8 Å². The van der Waals surface area contributed by atoms with Gasteiger partial charge in [0.15, 0.2) is 8.07 Å². The van der Waals surface area contributed by atoms with Crippen LogP contribution in [0.25, 0.3) is 27.6 Å². The molecule has 0 aliphatic carbocycles. The Balaban J connectivity index is 1.32. The third kappa shape index (κ3) is 3.60. The van der Waals surface area contributed by atoms with Gasteiger partial charge in [0.05, 0.1) is 28.4 Å². The van der Waals surface area contributed by atoms with E-state index in [0.717, 1.165) is 44.8 Å². The van der Waals surface area contributed by atoms with Gasteiger partial charge in [-0.05, 0) is 101 Å². The van der Waals surface area contributed by atoms with Crippen molar-refractivity contribution in [2.24, 2.45) is 0 Å². The summed E-state index contributed by atoms with van der Waals surface area (Å²) in [7, 11) is -2.82. The summed E-state index contributed by atoms with van der Waals surface area (Å²) in [5.74, 6) is 1.90. The Morgan fingerprint density at radius 2 is 1.23 bits per heavy atom. The molecule has 1 spiro atoms. The van der Waals surface area contributed by atoms with Gasteiger partial charge in [-0.3, -0.25) is 9.97 Å². The molecule has 2 aliphatic heterocycles. The number of fused-ring (bicyclic) bond motifs is 11. The lowest BCUT2D eigenvalue weighted by atomic mass is 10.1. The van der Waals surface area contributed by atoms with Gasteiger partial charge in [-0.2, -0.15) is 0 Å². The summed E-state index contributed by atoms with van der Waals surface area (Å²) in [5, 5.41) is 6.44. The highest BCUT2D eigenvalue weighted by atomic mass is 28.3. The van der Waals surface area contributed by atoms with Crippen molar-refractivity contribution in [3.63, 3.8) is 0 Å². The number of hydrogen-bond donors (Lipinski definition) is 0. The molecule has 0 saturated heterocycles. The SMILES string of the molecule is Cc1ccc2c(c1)[Si]1(c3ccccc3Oc3ccccc31)c1cc(C)ccc1N2c1ccc2c3ncccc3n(-c3cccnc3)c2c1. The number of aromatic nitrogens is 3. The van der Waals surface area contributed by atoms with Crippen LogP contribution in [0.15, 0.2) is 146 Å². The van der Waals surface area contributed by atoms with E-state index in [9.17, 15) is 0 Å². The molecule has 0 fully saturated rings. The van der Waals surface area contributed by atoms with Crippen LogP contribution in [0, 0.1) is 13.8 Å². The first kappa shape index (κ1) is 27.2. The van der Waals surface area contributed by atoms with Gasteiger partial charge in [-0.15, -0.1) is 0 Å². The first-order chi connectivity index (χ1) is 23.6. The lowest BCUT2D eigenvalue weighted by Crippen LogP contribution is -2.78. The average Bonchev–Trinajstić information content (AvgIpc) is 3.46. The Hall–Kier alpha value is -5.98. The molecule has 10 rings (SSSR count). The summed E-state index contributed by atoms with van der Waals surface area (Å²) in [6, 6.07) is 46.5. The lowest BCUT2D eigenvalue weighted by molar-refractivity contribution is 0.487. The second-order valence-corrected chi connectivity index (χ2v) is 16.5. The molecule has 0 amide bonds. The summed E-state index contributed by atoms with van der Waals surface area (Å²) >= 11 is 0. The molecule has 3 aromatic heterocycles. The Bertz CT molecular complexity index is 2490. The van der Waals surface area contributed by atoms with E-state index in [-0.39, 0.29) is 0 Å². The predicted molar refractivity (Wildman–Crippen MR) is 198 cm³/mol. The largest absolute Gasteiger partial charge is 0.458 e. The summed E-state index contributed by atoms with van der Waals surface area (Å²) in [4.78, 5) is 11.8. The maximum absolute atomic E-state index is 6.65. The van der Waals surface area contributed by atoms with Crippen molar-refractivity contribution < 1.29 is 4.74 Å². The van der Waals surface area contributed by atoms with Gasteiger partial charge in [0, 0.05) is 34.8 Å². The molecular formula is C42H30N4OSi. The molecule has 5 heterocycles. The van der Waals surface area contributed by atoms with Crippen LogP contribution in [0.3, 0.4) is 0 Å². The third-order valence-electron chi connectivity index (χ3n) is 10.1.